The molecule has 94 valence electrons. The third kappa shape index (κ3) is 1.81. The fourth-order valence-corrected chi connectivity index (χ4v) is 1.38. The van der Waals surface area contributed by atoms with Gasteiger partial charge in [0.25, 0.3) is 11.8 Å². The van der Waals surface area contributed by atoms with E-state index in [2.05, 4.69) is 4.84 Å². The summed E-state index contributed by atoms with van der Waals surface area (Å²) in [4.78, 5) is 37.4. The van der Waals surface area contributed by atoms with Gasteiger partial charge in [0.1, 0.15) is 0 Å². The van der Waals surface area contributed by atoms with Crippen LogP contribution in [0.25, 0.3) is 0 Å². The third-order valence-electron chi connectivity index (χ3n) is 2.16. The van der Waals surface area contributed by atoms with Gasteiger partial charge in [-0.3, -0.25) is 9.59 Å². The molecule has 1 aliphatic heterocycles. The van der Waals surface area contributed by atoms with Gasteiger partial charge in [-0.15, -0.1) is 0 Å². The van der Waals surface area contributed by atoms with Crippen LogP contribution in [0.2, 0.25) is 0 Å². The number of halogens is 3. The summed E-state index contributed by atoms with van der Waals surface area (Å²) in [6.45, 7) is 0. The molecule has 0 spiro atoms. The largest absolute Gasteiger partial charge is 0.493 e. The summed E-state index contributed by atoms with van der Waals surface area (Å²) in [6, 6.07) is 5.35. The summed E-state index contributed by atoms with van der Waals surface area (Å²) >= 11 is 0. The molecule has 1 aromatic carbocycles. The summed E-state index contributed by atoms with van der Waals surface area (Å²) in [5.41, 5.74) is -0.227. The number of alkyl halides is 3. The van der Waals surface area contributed by atoms with E-state index in [0.717, 1.165) is 0 Å². The number of carbonyl (C=O) groups excluding carboxylic acids is 3. The van der Waals surface area contributed by atoms with Gasteiger partial charge < -0.3 is 4.84 Å². The molecule has 0 radical (unpaired) electrons. The van der Waals surface area contributed by atoms with Crippen LogP contribution in [-0.4, -0.2) is 29.0 Å². The first-order valence-corrected chi connectivity index (χ1v) is 4.59. The van der Waals surface area contributed by atoms with Crippen molar-refractivity contribution < 1.29 is 32.4 Å². The minimum Gasteiger partial charge on any atom is -0.321 e. The van der Waals surface area contributed by atoms with Crippen molar-refractivity contribution in [1.29, 1.82) is 0 Å². The standard InChI is InChI=1S/C10H4F3NO4/c11-10(12,13)9(17)18-14-7(15)5-3-1-2-4-6(5)8(14)16/h1-4H. The van der Waals surface area contributed by atoms with Gasteiger partial charge in [-0.25, -0.2) is 4.79 Å². The number of nitrogens with zero attached hydrogens (tertiary/aromatic N) is 1. The lowest BCUT2D eigenvalue weighted by Crippen LogP contribution is -2.38. The van der Waals surface area contributed by atoms with Crippen molar-refractivity contribution in [3.05, 3.63) is 35.4 Å². The van der Waals surface area contributed by atoms with Gasteiger partial charge >= 0.3 is 12.1 Å². The topological polar surface area (TPSA) is 63.7 Å². The Kier molecular flexibility index (Phi) is 2.57. The second kappa shape index (κ2) is 3.83. The van der Waals surface area contributed by atoms with E-state index >= 15 is 0 Å². The van der Waals surface area contributed by atoms with E-state index in [1.807, 2.05) is 0 Å². The van der Waals surface area contributed by atoms with Gasteiger partial charge in [-0.2, -0.15) is 13.2 Å². The molecule has 0 aliphatic carbocycles. The lowest BCUT2D eigenvalue weighted by atomic mass is 10.1. The van der Waals surface area contributed by atoms with Crippen LogP contribution >= 0.6 is 0 Å². The highest BCUT2D eigenvalue weighted by atomic mass is 19.4. The SMILES string of the molecule is O=C1c2ccccc2C(=O)N1OC(=O)C(F)(F)F. The normalized spacial score (nSPS) is 14.7. The Balaban J connectivity index is 2.27. The molecule has 0 fully saturated rings. The minimum atomic E-state index is -5.28. The molecule has 0 aromatic heterocycles. The Morgan fingerprint density at radius 3 is 1.89 bits per heavy atom. The lowest BCUT2D eigenvalue weighted by Gasteiger charge is -2.13. The molecule has 0 saturated carbocycles. The van der Waals surface area contributed by atoms with Gasteiger partial charge in [0.2, 0.25) is 0 Å². The molecule has 2 rings (SSSR count). The van der Waals surface area contributed by atoms with Crippen LogP contribution in [0.1, 0.15) is 20.7 Å². The molecular weight excluding hydrogens is 255 g/mol. The van der Waals surface area contributed by atoms with Gasteiger partial charge in [-0.05, 0) is 12.1 Å². The van der Waals surface area contributed by atoms with Gasteiger partial charge in [0, 0.05) is 0 Å². The molecule has 0 bridgehead atoms. The zero-order valence-corrected chi connectivity index (χ0v) is 8.52. The van der Waals surface area contributed by atoms with Gasteiger partial charge in [0.15, 0.2) is 0 Å². The lowest BCUT2D eigenvalue weighted by molar-refractivity contribution is -0.220. The zero-order valence-electron chi connectivity index (χ0n) is 8.52. The van der Waals surface area contributed by atoms with Crippen molar-refractivity contribution in [1.82, 2.24) is 5.06 Å². The molecule has 2 amide bonds. The number of hydrogen-bond acceptors (Lipinski definition) is 4. The second-order valence-electron chi connectivity index (χ2n) is 3.33. The molecule has 1 aliphatic rings. The Morgan fingerprint density at radius 2 is 1.50 bits per heavy atom. The van der Waals surface area contributed by atoms with Gasteiger partial charge in [-0.1, -0.05) is 17.2 Å². The molecule has 1 aromatic rings. The summed E-state index contributed by atoms with van der Waals surface area (Å²) in [5.74, 6) is -4.83. The van der Waals surface area contributed by atoms with Gasteiger partial charge in [0.05, 0.1) is 11.1 Å². The van der Waals surface area contributed by atoms with E-state index in [9.17, 15) is 27.6 Å². The summed E-state index contributed by atoms with van der Waals surface area (Å²) in [5, 5.41) is -0.194. The molecular formula is C10H4F3NO4. The highest BCUT2D eigenvalue weighted by molar-refractivity contribution is 6.20. The first-order valence-electron chi connectivity index (χ1n) is 4.59. The van der Waals surface area contributed by atoms with Crippen molar-refractivity contribution in [3.8, 4) is 0 Å². The second-order valence-corrected chi connectivity index (χ2v) is 3.33. The number of amides is 2. The summed E-state index contributed by atoms with van der Waals surface area (Å²) < 4.78 is 35.9. The van der Waals surface area contributed by atoms with Crippen LogP contribution in [0.5, 0.6) is 0 Å². The molecule has 18 heavy (non-hydrogen) atoms. The maximum absolute atomic E-state index is 12.0. The average molecular weight is 259 g/mol. The van der Waals surface area contributed by atoms with Crippen LogP contribution in [0, 0.1) is 0 Å². The number of hydroxylamine groups is 2. The van der Waals surface area contributed by atoms with Crippen molar-refractivity contribution in [2.75, 3.05) is 0 Å². The van der Waals surface area contributed by atoms with Crippen LogP contribution in [0.4, 0.5) is 13.2 Å². The summed E-state index contributed by atoms with van der Waals surface area (Å²) in [6.07, 6.45) is -5.28. The van der Waals surface area contributed by atoms with E-state index in [-0.39, 0.29) is 16.2 Å². The van der Waals surface area contributed by atoms with E-state index < -0.39 is 24.0 Å². The number of hydrogen-bond donors (Lipinski definition) is 0. The first kappa shape index (κ1) is 12.1. The number of benzene rings is 1. The highest BCUT2D eigenvalue weighted by Crippen LogP contribution is 2.25. The molecule has 1 heterocycles. The Labute approximate surface area is 97.7 Å². The smallest absolute Gasteiger partial charge is 0.321 e. The quantitative estimate of drug-likeness (QED) is 0.713. The number of fused-ring (bicyclic) bond motifs is 1. The molecule has 5 nitrogen and oxygen atoms in total. The van der Waals surface area contributed by atoms with Crippen molar-refractivity contribution in [3.63, 3.8) is 0 Å². The number of carbonyl (C=O) groups is 3. The van der Waals surface area contributed by atoms with Crippen LogP contribution in [-0.2, 0) is 9.63 Å². The zero-order chi connectivity index (χ0) is 13.5. The van der Waals surface area contributed by atoms with E-state index in [1.54, 1.807) is 0 Å². The Bertz CT molecular complexity index is 517. The highest BCUT2D eigenvalue weighted by Gasteiger charge is 2.47. The molecule has 8 heteroatoms. The van der Waals surface area contributed by atoms with Crippen LogP contribution in [0.15, 0.2) is 24.3 Å². The first-order chi connectivity index (χ1) is 8.32. The monoisotopic (exact) mass is 259 g/mol. The molecule has 0 unspecified atom stereocenters. The van der Waals surface area contributed by atoms with Crippen molar-refractivity contribution in [2.45, 2.75) is 6.18 Å². The van der Waals surface area contributed by atoms with E-state index in [1.165, 1.54) is 24.3 Å². The van der Waals surface area contributed by atoms with E-state index in [4.69, 9.17) is 0 Å². The fraction of sp³-hybridized carbons (Fsp3) is 0.100. The van der Waals surface area contributed by atoms with Crippen LogP contribution in [0.3, 0.4) is 0 Å². The van der Waals surface area contributed by atoms with E-state index in [0.29, 0.717) is 0 Å². The minimum absolute atomic E-state index is 0.113. The average Bonchev–Trinajstić information content (AvgIpc) is 2.54. The molecule has 0 saturated heterocycles. The third-order valence-corrected chi connectivity index (χ3v) is 2.16. The Hall–Kier alpha value is -2.38. The Morgan fingerprint density at radius 1 is 1.06 bits per heavy atom. The van der Waals surface area contributed by atoms with Crippen LogP contribution < -0.4 is 0 Å². The van der Waals surface area contributed by atoms with Crippen molar-refractivity contribution in [2.24, 2.45) is 0 Å². The summed E-state index contributed by atoms with van der Waals surface area (Å²) in [7, 11) is 0. The maximum Gasteiger partial charge on any atom is 0.493 e. The predicted octanol–water partition coefficient (Wildman–Crippen LogP) is 1.30. The molecule has 0 N–H and O–H groups in total. The number of imide groups is 1. The fourth-order valence-electron chi connectivity index (χ4n) is 1.38. The maximum atomic E-state index is 12.0. The number of rotatable bonds is 1. The molecule has 0 atom stereocenters. The predicted molar refractivity (Wildman–Crippen MR) is 49.1 cm³/mol. The van der Waals surface area contributed by atoms with Crippen molar-refractivity contribution >= 4 is 17.8 Å².